The topological polar surface area (TPSA) is 92.6 Å². The maximum absolute atomic E-state index is 13.4. The lowest BCUT2D eigenvalue weighted by molar-refractivity contribution is -0.131. The number of piperidine rings is 1. The maximum Gasteiger partial charge on any atom is 0.273 e. The zero-order chi connectivity index (χ0) is 22.4. The molecule has 3 rings (SSSR count). The molecule has 0 aliphatic carbocycles. The van der Waals surface area contributed by atoms with Gasteiger partial charge in [0, 0.05) is 45.1 Å². The molecule has 1 fully saturated rings. The standard InChI is InChI=1S/C20H26ClFN6O3/c1-3-27(4-2)28-13-17(24-25-28)20(30)23-12-19(29)26-9-7-15(8-10-26)31-18-11-14(22)5-6-16(18)21/h5-6,11,13,15H,3-4,7-10,12H2,1-2H3,(H,23,30). The molecule has 2 amide bonds. The first-order chi connectivity index (χ1) is 14.9. The number of nitrogens with zero attached hydrogens (tertiary/aromatic N) is 5. The summed E-state index contributed by atoms with van der Waals surface area (Å²) in [5, 5.41) is 12.6. The predicted molar refractivity (Wildman–Crippen MR) is 113 cm³/mol. The van der Waals surface area contributed by atoms with E-state index >= 15 is 0 Å². The van der Waals surface area contributed by atoms with Crippen molar-refractivity contribution in [3.63, 3.8) is 0 Å². The zero-order valence-corrected chi connectivity index (χ0v) is 18.3. The Kier molecular flexibility index (Phi) is 7.67. The molecule has 11 heteroatoms. The fourth-order valence-corrected chi connectivity index (χ4v) is 3.50. The van der Waals surface area contributed by atoms with Crippen molar-refractivity contribution >= 4 is 23.4 Å². The van der Waals surface area contributed by atoms with Crippen LogP contribution < -0.4 is 15.1 Å². The fourth-order valence-electron chi connectivity index (χ4n) is 3.34. The second-order valence-corrected chi connectivity index (χ2v) is 7.53. The van der Waals surface area contributed by atoms with Crippen molar-refractivity contribution in [1.82, 2.24) is 25.3 Å². The molecule has 1 aliphatic rings. The van der Waals surface area contributed by atoms with Gasteiger partial charge in [0.15, 0.2) is 5.69 Å². The molecule has 2 heterocycles. The first kappa shape index (κ1) is 22.8. The molecule has 0 unspecified atom stereocenters. The third-order valence-electron chi connectivity index (χ3n) is 5.12. The number of hydrogen-bond donors (Lipinski definition) is 1. The number of halogens is 2. The Labute approximate surface area is 185 Å². The molecular formula is C20H26ClFN6O3. The van der Waals surface area contributed by atoms with Crippen LogP contribution in [0.15, 0.2) is 24.4 Å². The van der Waals surface area contributed by atoms with Crippen LogP contribution in [0.5, 0.6) is 5.75 Å². The van der Waals surface area contributed by atoms with Crippen LogP contribution in [0.25, 0.3) is 0 Å². The molecule has 1 saturated heterocycles. The van der Waals surface area contributed by atoms with Gasteiger partial charge in [0.2, 0.25) is 5.91 Å². The molecule has 0 bridgehead atoms. The number of rotatable bonds is 8. The number of benzene rings is 1. The number of likely N-dealkylation sites (tertiary alicyclic amines) is 1. The third kappa shape index (κ3) is 5.84. The van der Waals surface area contributed by atoms with Gasteiger partial charge in [0.05, 0.1) is 17.8 Å². The minimum atomic E-state index is -0.453. The number of ether oxygens (including phenoxy) is 1. The van der Waals surface area contributed by atoms with Crippen LogP contribution in [0.3, 0.4) is 0 Å². The predicted octanol–water partition coefficient (Wildman–Crippen LogP) is 1.85. The minimum Gasteiger partial charge on any atom is -0.489 e. The first-order valence-electron chi connectivity index (χ1n) is 10.3. The van der Waals surface area contributed by atoms with E-state index in [4.69, 9.17) is 16.3 Å². The van der Waals surface area contributed by atoms with Crippen molar-refractivity contribution in [2.45, 2.75) is 32.8 Å². The van der Waals surface area contributed by atoms with E-state index < -0.39 is 11.7 Å². The monoisotopic (exact) mass is 452 g/mol. The summed E-state index contributed by atoms with van der Waals surface area (Å²) >= 11 is 6.04. The van der Waals surface area contributed by atoms with Crippen LogP contribution >= 0.6 is 11.6 Å². The summed E-state index contributed by atoms with van der Waals surface area (Å²) < 4.78 is 19.2. The molecule has 31 heavy (non-hydrogen) atoms. The SMILES string of the molecule is CCN(CC)n1cc(C(=O)NCC(=O)N2CCC(Oc3cc(F)ccc3Cl)CC2)nn1. The number of aromatic nitrogens is 3. The smallest absolute Gasteiger partial charge is 0.273 e. The Bertz CT molecular complexity index is 912. The minimum absolute atomic E-state index is 0.127. The van der Waals surface area contributed by atoms with E-state index in [1.807, 2.05) is 18.9 Å². The summed E-state index contributed by atoms with van der Waals surface area (Å²) in [5.74, 6) is -0.756. The van der Waals surface area contributed by atoms with Gasteiger partial charge in [0.1, 0.15) is 17.7 Å². The van der Waals surface area contributed by atoms with E-state index in [1.165, 1.54) is 29.2 Å². The van der Waals surface area contributed by atoms with Crippen molar-refractivity contribution in [1.29, 1.82) is 0 Å². The Balaban J connectivity index is 1.45. The van der Waals surface area contributed by atoms with Crippen LogP contribution in [-0.2, 0) is 4.79 Å². The van der Waals surface area contributed by atoms with Gasteiger partial charge in [0.25, 0.3) is 5.91 Å². The average Bonchev–Trinajstić information content (AvgIpc) is 3.26. The highest BCUT2D eigenvalue weighted by Gasteiger charge is 2.25. The van der Waals surface area contributed by atoms with Gasteiger partial charge in [-0.3, -0.25) is 14.6 Å². The van der Waals surface area contributed by atoms with Crippen LogP contribution in [0.2, 0.25) is 5.02 Å². The van der Waals surface area contributed by atoms with Gasteiger partial charge >= 0.3 is 0 Å². The van der Waals surface area contributed by atoms with Gasteiger partial charge in [-0.25, -0.2) is 4.39 Å². The van der Waals surface area contributed by atoms with Crippen molar-refractivity contribution in [2.24, 2.45) is 0 Å². The second-order valence-electron chi connectivity index (χ2n) is 7.12. The van der Waals surface area contributed by atoms with Crippen LogP contribution in [-0.4, -0.2) is 70.6 Å². The second kappa shape index (κ2) is 10.4. The van der Waals surface area contributed by atoms with Crippen molar-refractivity contribution in [3.05, 3.63) is 40.9 Å². The Morgan fingerprint density at radius 2 is 2.00 bits per heavy atom. The first-order valence-corrected chi connectivity index (χ1v) is 10.6. The highest BCUT2D eigenvalue weighted by Crippen LogP contribution is 2.28. The molecule has 0 saturated carbocycles. The van der Waals surface area contributed by atoms with E-state index in [0.29, 0.717) is 36.7 Å². The van der Waals surface area contributed by atoms with E-state index in [1.54, 1.807) is 4.90 Å². The molecule has 1 aromatic heterocycles. The summed E-state index contributed by atoms with van der Waals surface area (Å²) in [5.41, 5.74) is 0.152. The van der Waals surface area contributed by atoms with Crippen molar-refractivity contribution < 1.29 is 18.7 Å². The number of carbonyl (C=O) groups excluding carboxylic acids is 2. The summed E-state index contributed by atoms with van der Waals surface area (Å²) in [6, 6.07) is 3.98. The van der Waals surface area contributed by atoms with Gasteiger partial charge in [-0.1, -0.05) is 11.6 Å². The van der Waals surface area contributed by atoms with E-state index in [0.717, 1.165) is 13.1 Å². The van der Waals surface area contributed by atoms with Crippen molar-refractivity contribution in [2.75, 3.05) is 37.7 Å². The van der Waals surface area contributed by atoms with Crippen LogP contribution in [0.1, 0.15) is 37.2 Å². The lowest BCUT2D eigenvalue weighted by Gasteiger charge is -2.32. The van der Waals surface area contributed by atoms with Gasteiger partial charge in [-0.05, 0) is 31.2 Å². The quantitative estimate of drug-likeness (QED) is 0.657. The zero-order valence-electron chi connectivity index (χ0n) is 17.6. The molecule has 1 aromatic carbocycles. The lowest BCUT2D eigenvalue weighted by Crippen LogP contribution is -2.46. The summed E-state index contributed by atoms with van der Waals surface area (Å²) in [6.07, 6.45) is 2.55. The normalized spacial score (nSPS) is 14.4. The number of carbonyl (C=O) groups is 2. The van der Waals surface area contributed by atoms with E-state index in [2.05, 4.69) is 15.6 Å². The summed E-state index contributed by atoms with van der Waals surface area (Å²) in [7, 11) is 0. The molecular weight excluding hydrogens is 427 g/mol. The van der Waals surface area contributed by atoms with Crippen LogP contribution in [0.4, 0.5) is 4.39 Å². The molecule has 1 N–H and O–H groups in total. The highest BCUT2D eigenvalue weighted by atomic mass is 35.5. The van der Waals surface area contributed by atoms with Crippen LogP contribution in [0, 0.1) is 5.82 Å². The van der Waals surface area contributed by atoms with Crippen molar-refractivity contribution in [3.8, 4) is 5.75 Å². The molecule has 0 spiro atoms. The van der Waals surface area contributed by atoms with E-state index in [9.17, 15) is 14.0 Å². The average molecular weight is 453 g/mol. The Morgan fingerprint density at radius 3 is 2.68 bits per heavy atom. The molecule has 9 nitrogen and oxygen atoms in total. The molecule has 168 valence electrons. The molecule has 0 radical (unpaired) electrons. The molecule has 2 aromatic rings. The van der Waals surface area contributed by atoms with Gasteiger partial charge in [-0.15, -0.1) is 5.10 Å². The van der Waals surface area contributed by atoms with E-state index in [-0.39, 0.29) is 24.2 Å². The highest BCUT2D eigenvalue weighted by molar-refractivity contribution is 6.32. The maximum atomic E-state index is 13.4. The third-order valence-corrected chi connectivity index (χ3v) is 5.43. The number of hydrogen-bond acceptors (Lipinski definition) is 6. The summed E-state index contributed by atoms with van der Waals surface area (Å²) in [4.78, 5) is 27.9. The molecule has 0 atom stereocenters. The number of amides is 2. The molecule has 1 aliphatic heterocycles. The summed E-state index contributed by atoms with van der Waals surface area (Å²) in [6.45, 7) is 6.23. The Hall–Kier alpha value is -2.88. The largest absolute Gasteiger partial charge is 0.489 e. The number of nitrogens with one attached hydrogen (secondary N) is 1. The lowest BCUT2D eigenvalue weighted by atomic mass is 10.1. The van der Waals surface area contributed by atoms with Gasteiger partial charge in [-0.2, -0.15) is 4.79 Å². The van der Waals surface area contributed by atoms with Gasteiger partial charge < -0.3 is 15.0 Å². The Morgan fingerprint density at radius 1 is 1.29 bits per heavy atom. The fraction of sp³-hybridized carbons (Fsp3) is 0.500.